The monoisotopic (exact) mass is 330 g/mol. The normalized spacial score (nSPS) is 12.1. The van der Waals surface area contributed by atoms with E-state index in [1.54, 1.807) is 37.4 Å². The lowest BCUT2D eigenvalue weighted by Crippen LogP contribution is -2.08. The molecule has 24 heavy (non-hydrogen) atoms. The van der Waals surface area contributed by atoms with E-state index in [0.717, 1.165) is 11.1 Å². The van der Waals surface area contributed by atoms with E-state index in [2.05, 4.69) is 20.8 Å². The Morgan fingerprint density at radius 3 is 2.29 bits per heavy atom. The third-order valence-electron chi connectivity index (χ3n) is 4.43. The van der Waals surface area contributed by atoms with Gasteiger partial charge in [-0.05, 0) is 53.3 Å². The van der Waals surface area contributed by atoms with Gasteiger partial charge in [0.05, 0.1) is 19.8 Å². The summed E-state index contributed by atoms with van der Waals surface area (Å²) in [6.07, 6.45) is 0. The Labute approximate surface area is 142 Å². The van der Waals surface area contributed by atoms with Crippen molar-refractivity contribution < 1.29 is 18.7 Å². The SMILES string of the molecule is COC(=O)c1ccc(-c2cc(OC)ccc2F)c(C(C)C(C)C)c1. The Morgan fingerprint density at radius 1 is 1.00 bits per heavy atom. The highest BCUT2D eigenvalue weighted by molar-refractivity contribution is 5.90. The third kappa shape index (κ3) is 3.58. The van der Waals surface area contributed by atoms with Crippen LogP contribution in [0.2, 0.25) is 0 Å². The van der Waals surface area contributed by atoms with Gasteiger partial charge in [0.25, 0.3) is 0 Å². The van der Waals surface area contributed by atoms with Crippen molar-refractivity contribution in [2.75, 3.05) is 14.2 Å². The fraction of sp³-hybridized carbons (Fsp3) is 0.350. The van der Waals surface area contributed by atoms with Gasteiger partial charge in [0.2, 0.25) is 0 Å². The number of benzene rings is 2. The number of halogens is 1. The molecule has 0 radical (unpaired) electrons. The highest BCUT2D eigenvalue weighted by Crippen LogP contribution is 2.36. The topological polar surface area (TPSA) is 35.5 Å². The molecule has 0 bridgehead atoms. The smallest absolute Gasteiger partial charge is 0.337 e. The number of carbonyl (C=O) groups is 1. The van der Waals surface area contributed by atoms with Gasteiger partial charge in [0.15, 0.2) is 0 Å². The van der Waals surface area contributed by atoms with Crippen LogP contribution in [0.3, 0.4) is 0 Å². The minimum Gasteiger partial charge on any atom is -0.497 e. The fourth-order valence-corrected chi connectivity index (χ4v) is 2.63. The molecule has 0 aromatic heterocycles. The first-order chi connectivity index (χ1) is 11.4. The number of carbonyl (C=O) groups excluding carboxylic acids is 1. The largest absolute Gasteiger partial charge is 0.497 e. The minimum atomic E-state index is -0.398. The summed E-state index contributed by atoms with van der Waals surface area (Å²) in [5, 5.41) is 0. The van der Waals surface area contributed by atoms with E-state index in [9.17, 15) is 9.18 Å². The first-order valence-electron chi connectivity index (χ1n) is 7.95. The lowest BCUT2D eigenvalue weighted by Gasteiger charge is -2.21. The zero-order chi connectivity index (χ0) is 17.9. The maximum Gasteiger partial charge on any atom is 0.337 e. The predicted molar refractivity (Wildman–Crippen MR) is 93.0 cm³/mol. The molecule has 2 rings (SSSR count). The average molecular weight is 330 g/mol. The van der Waals surface area contributed by atoms with E-state index in [1.807, 2.05) is 0 Å². The molecule has 0 saturated carbocycles. The number of ether oxygens (including phenoxy) is 2. The fourth-order valence-electron chi connectivity index (χ4n) is 2.63. The molecular weight excluding hydrogens is 307 g/mol. The summed E-state index contributed by atoms with van der Waals surface area (Å²) >= 11 is 0. The summed E-state index contributed by atoms with van der Waals surface area (Å²) in [6, 6.07) is 9.90. The van der Waals surface area contributed by atoms with E-state index < -0.39 is 5.97 Å². The highest BCUT2D eigenvalue weighted by atomic mass is 19.1. The first kappa shape index (κ1) is 18.0. The molecule has 0 aliphatic rings. The second-order valence-corrected chi connectivity index (χ2v) is 6.17. The number of hydrogen-bond acceptors (Lipinski definition) is 3. The Bertz CT molecular complexity index is 738. The van der Waals surface area contributed by atoms with Gasteiger partial charge in [0, 0.05) is 5.56 Å². The number of hydrogen-bond donors (Lipinski definition) is 0. The lowest BCUT2D eigenvalue weighted by molar-refractivity contribution is 0.0600. The van der Waals surface area contributed by atoms with Crippen LogP contribution in [0.1, 0.15) is 42.6 Å². The molecular formula is C20H23FO3. The van der Waals surface area contributed by atoms with Crippen LogP contribution in [0, 0.1) is 11.7 Å². The van der Waals surface area contributed by atoms with Crippen LogP contribution in [0.4, 0.5) is 4.39 Å². The quantitative estimate of drug-likeness (QED) is 0.720. The van der Waals surface area contributed by atoms with Gasteiger partial charge in [-0.15, -0.1) is 0 Å². The van der Waals surface area contributed by atoms with Gasteiger partial charge in [0.1, 0.15) is 11.6 Å². The van der Waals surface area contributed by atoms with Crippen molar-refractivity contribution in [3.05, 3.63) is 53.3 Å². The predicted octanol–water partition coefficient (Wildman–Crippen LogP) is 5.05. The van der Waals surface area contributed by atoms with Crippen molar-refractivity contribution in [2.24, 2.45) is 5.92 Å². The second kappa shape index (κ2) is 7.47. The minimum absolute atomic E-state index is 0.148. The van der Waals surface area contributed by atoms with Crippen LogP contribution in [0.15, 0.2) is 36.4 Å². The number of methoxy groups -OCH3 is 2. The van der Waals surface area contributed by atoms with Gasteiger partial charge < -0.3 is 9.47 Å². The molecule has 0 N–H and O–H groups in total. The summed E-state index contributed by atoms with van der Waals surface area (Å²) in [5.41, 5.74) is 2.61. The Morgan fingerprint density at radius 2 is 1.71 bits per heavy atom. The molecule has 128 valence electrons. The second-order valence-electron chi connectivity index (χ2n) is 6.17. The highest BCUT2D eigenvalue weighted by Gasteiger charge is 2.20. The van der Waals surface area contributed by atoms with Gasteiger partial charge >= 0.3 is 5.97 Å². The molecule has 0 aliphatic carbocycles. The van der Waals surface area contributed by atoms with Gasteiger partial charge in [-0.25, -0.2) is 9.18 Å². The molecule has 0 fully saturated rings. The van der Waals surface area contributed by atoms with Gasteiger partial charge in [-0.3, -0.25) is 0 Å². The molecule has 0 spiro atoms. The van der Waals surface area contributed by atoms with Gasteiger partial charge in [-0.2, -0.15) is 0 Å². The summed E-state index contributed by atoms with van der Waals surface area (Å²) in [7, 11) is 2.90. The van der Waals surface area contributed by atoms with E-state index in [-0.39, 0.29) is 11.7 Å². The van der Waals surface area contributed by atoms with Crippen molar-refractivity contribution in [1.29, 1.82) is 0 Å². The van der Waals surface area contributed by atoms with Crippen molar-refractivity contribution in [3.8, 4) is 16.9 Å². The summed E-state index contributed by atoms with van der Waals surface area (Å²) in [4.78, 5) is 11.9. The van der Waals surface area contributed by atoms with Crippen LogP contribution in [0.5, 0.6) is 5.75 Å². The van der Waals surface area contributed by atoms with E-state index in [0.29, 0.717) is 22.8 Å². The van der Waals surface area contributed by atoms with Crippen LogP contribution < -0.4 is 4.74 Å². The van der Waals surface area contributed by atoms with Crippen molar-refractivity contribution in [1.82, 2.24) is 0 Å². The Kier molecular flexibility index (Phi) is 5.60. The zero-order valence-electron chi connectivity index (χ0n) is 14.7. The molecule has 0 heterocycles. The van der Waals surface area contributed by atoms with E-state index >= 15 is 0 Å². The van der Waals surface area contributed by atoms with Crippen LogP contribution in [0.25, 0.3) is 11.1 Å². The molecule has 0 saturated heterocycles. The third-order valence-corrected chi connectivity index (χ3v) is 4.43. The average Bonchev–Trinajstić information content (AvgIpc) is 2.60. The molecule has 1 unspecified atom stereocenters. The molecule has 3 nitrogen and oxygen atoms in total. The maximum atomic E-state index is 14.4. The van der Waals surface area contributed by atoms with Crippen molar-refractivity contribution >= 4 is 5.97 Å². The summed E-state index contributed by atoms with van der Waals surface area (Å²) < 4.78 is 24.4. The zero-order valence-corrected chi connectivity index (χ0v) is 14.7. The van der Waals surface area contributed by atoms with E-state index in [4.69, 9.17) is 9.47 Å². The Hall–Kier alpha value is -2.36. The molecule has 4 heteroatoms. The van der Waals surface area contributed by atoms with Crippen molar-refractivity contribution in [2.45, 2.75) is 26.7 Å². The molecule has 0 amide bonds. The lowest BCUT2D eigenvalue weighted by atomic mass is 9.84. The van der Waals surface area contributed by atoms with Crippen LogP contribution in [-0.2, 0) is 4.74 Å². The molecule has 2 aromatic rings. The summed E-state index contributed by atoms with van der Waals surface area (Å²) in [5.74, 6) is 0.357. The Balaban J connectivity index is 2.67. The van der Waals surface area contributed by atoms with Crippen LogP contribution in [-0.4, -0.2) is 20.2 Å². The molecule has 0 aliphatic heterocycles. The number of esters is 1. The molecule has 1 atom stereocenters. The van der Waals surface area contributed by atoms with Crippen LogP contribution >= 0.6 is 0 Å². The summed E-state index contributed by atoms with van der Waals surface area (Å²) in [6.45, 7) is 6.27. The number of rotatable bonds is 5. The molecule has 2 aromatic carbocycles. The first-order valence-corrected chi connectivity index (χ1v) is 7.95. The van der Waals surface area contributed by atoms with Crippen molar-refractivity contribution in [3.63, 3.8) is 0 Å². The van der Waals surface area contributed by atoms with Gasteiger partial charge in [-0.1, -0.05) is 26.8 Å². The maximum absolute atomic E-state index is 14.4. The standard InChI is InChI=1S/C20H23FO3/c1-12(2)13(3)17-10-14(20(22)24-5)6-8-16(17)18-11-15(23-4)7-9-19(18)21/h6-13H,1-5H3. The van der Waals surface area contributed by atoms with E-state index in [1.165, 1.54) is 13.2 Å².